The summed E-state index contributed by atoms with van der Waals surface area (Å²) in [5.41, 5.74) is 2.31. The van der Waals surface area contributed by atoms with Gasteiger partial charge in [-0.25, -0.2) is 0 Å². The first-order valence-corrected chi connectivity index (χ1v) is 5.95. The van der Waals surface area contributed by atoms with Crippen molar-refractivity contribution in [2.75, 3.05) is 0 Å². The zero-order valence-electron chi connectivity index (χ0n) is 8.96. The van der Waals surface area contributed by atoms with E-state index in [-0.39, 0.29) is 5.41 Å². The van der Waals surface area contributed by atoms with Crippen LogP contribution in [0.2, 0.25) is 0 Å². The van der Waals surface area contributed by atoms with E-state index in [0.29, 0.717) is 5.78 Å². The van der Waals surface area contributed by atoms with Crippen LogP contribution in [0.3, 0.4) is 0 Å². The fourth-order valence-electron chi connectivity index (χ4n) is 3.26. The molecule has 0 unspecified atom stereocenters. The number of carbonyl (C=O) groups excluding carboxylic acids is 1. The molecule has 1 aromatic carbocycles. The third-order valence-corrected chi connectivity index (χ3v) is 4.18. The smallest absolute Gasteiger partial charge is 0.169 e. The Morgan fingerprint density at radius 3 is 2.53 bits per heavy atom. The number of fused-ring (bicyclic) bond motifs is 1. The van der Waals surface area contributed by atoms with Crippen LogP contribution in [0, 0.1) is 5.41 Å². The number of hydrogen-bond donors (Lipinski definition) is 0. The van der Waals surface area contributed by atoms with Crippen LogP contribution in [0.5, 0.6) is 0 Å². The van der Waals surface area contributed by atoms with Crippen molar-refractivity contribution in [1.82, 2.24) is 0 Å². The van der Waals surface area contributed by atoms with Gasteiger partial charge >= 0.3 is 0 Å². The predicted octanol–water partition coefficient (Wildman–Crippen LogP) is 3.38. The van der Waals surface area contributed by atoms with E-state index in [2.05, 4.69) is 6.07 Å². The molecule has 0 aliphatic heterocycles. The van der Waals surface area contributed by atoms with Crippen LogP contribution in [0.25, 0.3) is 0 Å². The molecule has 0 atom stereocenters. The van der Waals surface area contributed by atoms with Gasteiger partial charge in [-0.2, -0.15) is 0 Å². The van der Waals surface area contributed by atoms with E-state index in [1.165, 1.54) is 18.4 Å². The third-order valence-electron chi connectivity index (χ3n) is 4.18. The van der Waals surface area contributed by atoms with Gasteiger partial charge in [0.05, 0.1) is 0 Å². The summed E-state index contributed by atoms with van der Waals surface area (Å²) in [7, 11) is 0. The van der Waals surface area contributed by atoms with Crippen molar-refractivity contribution in [3.05, 3.63) is 35.4 Å². The van der Waals surface area contributed by atoms with Gasteiger partial charge in [0.15, 0.2) is 5.78 Å². The molecular weight excluding hydrogens is 184 g/mol. The molecule has 1 saturated carbocycles. The molecule has 78 valence electrons. The second kappa shape index (κ2) is 3.19. The molecule has 0 bridgehead atoms. The molecule has 1 aromatic rings. The average molecular weight is 200 g/mol. The number of benzene rings is 1. The summed E-state index contributed by atoms with van der Waals surface area (Å²) in [4.78, 5) is 12.4. The normalized spacial score (nSPS) is 23.1. The van der Waals surface area contributed by atoms with Crippen molar-refractivity contribution in [3.8, 4) is 0 Å². The molecule has 1 nitrogen and oxygen atoms in total. The SMILES string of the molecule is O=C1c2ccccc2CCC12CCCC2. The van der Waals surface area contributed by atoms with Crippen LogP contribution in [-0.2, 0) is 6.42 Å². The maximum atomic E-state index is 12.4. The van der Waals surface area contributed by atoms with Crippen molar-refractivity contribution in [2.24, 2.45) is 5.41 Å². The summed E-state index contributed by atoms with van der Waals surface area (Å²) < 4.78 is 0. The Labute approximate surface area is 90.5 Å². The molecule has 1 heteroatoms. The molecule has 3 rings (SSSR count). The van der Waals surface area contributed by atoms with Gasteiger partial charge in [-0.15, -0.1) is 0 Å². The molecule has 2 aliphatic rings. The zero-order valence-corrected chi connectivity index (χ0v) is 8.96. The molecular formula is C14H16O. The first-order valence-electron chi connectivity index (χ1n) is 5.95. The Kier molecular flexibility index (Phi) is 1.95. The molecule has 1 spiro atoms. The van der Waals surface area contributed by atoms with Crippen molar-refractivity contribution >= 4 is 5.78 Å². The lowest BCUT2D eigenvalue weighted by Gasteiger charge is -2.32. The number of aryl methyl sites for hydroxylation is 1. The van der Waals surface area contributed by atoms with E-state index in [1.54, 1.807) is 0 Å². The van der Waals surface area contributed by atoms with E-state index >= 15 is 0 Å². The molecule has 0 aromatic heterocycles. The Morgan fingerprint density at radius 1 is 1.00 bits per heavy atom. The topological polar surface area (TPSA) is 17.1 Å². The van der Waals surface area contributed by atoms with Crippen LogP contribution >= 0.6 is 0 Å². The first kappa shape index (κ1) is 9.14. The maximum absolute atomic E-state index is 12.4. The number of carbonyl (C=O) groups is 1. The summed E-state index contributed by atoms with van der Waals surface area (Å²) in [6.45, 7) is 0. The molecule has 15 heavy (non-hydrogen) atoms. The van der Waals surface area contributed by atoms with Gasteiger partial charge < -0.3 is 0 Å². The quantitative estimate of drug-likeness (QED) is 0.627. The molecule has 0 N–H and O–H groups in total. The minimum atomic E-state index is 0.0361. The largest absolute Gasteiger partial charge is 0.294 e. The van der Waals surface area contributed by atoms with Gasteiger partial charge in [0.2, 0.25) is 0 Å². The van der Waals surface area contributed by atoms with Gasteiger partial charge in [-0.1, -0.05) is 37.1 Å². The van der Waals surface area contributed by atoms with E-state index in [4.69, 9.17) is 0 Å². The predicted molar refractivity (Wildman–Crippen MR) is 60.0 cm³/mol. The highest BCUT2D eigenvalue weighted by Gasteiger charge is 2.43. The van der Waals surface area contributed by atoms with Crippen LogP contribution < -0.4 is 0 Å². The van der Waals surface area contributed by atoms with Gasteiger partial charge in [-0.05, 0) is 31.2 Å². The lowest BCUT2D eigenvalue weighted by atomic mass is 9.69. The summed E-state index contributed by atoms with van der Waals surface area (Å²) in [6.07, 6.45) is 6.92. The molecule has 0 heterocycles. The lowest BCUT2D eigenvalue weighted by molar-refractivity contribution is 0.0765. The lowest BCUT2D eigenvalue weighted by Crippen LogP contribution is -2.33. The Balaban J connectivity index is 2.05. The fourth-order valence-corrected chi connectivity index (χ4v) is 3.26. The number of rotatable bonds is 0. The monoisotopic (exact) mass is 200 g/mol. The van der Waals surface area contributed by atoms with Gasteiger partial charge in [0, 0.05) is 11.0 Å². The molecule has 0 saturated heterocycles. The standard InChI is InChI=1S/C14H16O/c15-13-12-6-2-1-5-11(12)7-10-14(13)8-3-4-9-14/h1-2,5-6H,3-4,7-10H2. The Morgan fingerprint density at radius 2 is 1.73 bits per heavy atom. The molecule has 1 fully saturated rings. The van der Waals surface area contributed by atoms with Crippen molar-refractivity contribution in [2.45, 2.75) is 38.5 Å². The Hall–Kier alpha value is -1.11. The second-order valence-electron chi connectivity index (χ2n) is 4.97. The highest BCUT2D eigenvalue weighted by Crippen LogP contribution is 2.47. The summed E-state index contributed by atoms with van der Waals surface area (Å²) in [6, 6.07) is 8.15. The number of hydrogen-bond acceptors (Lipinski definition) is 1. The highest BCUT2D eigenvalue weighted by atomic mass is 16.1. The van der Waals surface area contributed by atoms with Crippen molar-refractivity contribution in [3.63, 3.8) is 0 Å². The minimum absolute atomic E-state index is 0.0361. The minimum Gasteiger partial charge on any atom is -0.294 e. The van der Waals surface area contributed by atoms with E-state index in [1.807, 2.05) is 18.2 Å². The van der Waals surface area contributed by atoms with E-state index in [9.17, 15) is 4.79 Å². The summed E-state index contributed by atoms with van der Waals surface area (Å²) >= 11 is 0. The molecule has 0 amide bonds. The summed E-state index contributed by atoms with van der Waals surface area (Å²) in [5.74, 6) is 0.432. The number of ketones is 1. The first-order chi connectivity index (χ1) is 7.32. The van der Waals surface area contributed by atoms with E-state index in [0.717, 1.165) is 31.2 Å². The maximum Gasteiger partial charge on any atom is 0.169 e. The van der Waals surface area contributed by atoms with Crippen molar-refractivity contribution in [1.29, 1.82) is 0 Å². The highest BCUT2D eigenvalue weighted by molar-refractivity contribution is 6.02. The van der Waals surface area contributed by atoms with Crippen LogP contribution in [0.4, 0.5) is 0 Å². The van der Waals surface area contributed by atoms with Crippen LogP contribution in [0.15, 0.2) is 24.3 Å². The molecule has 0 radical (unpaired) electrons. The molecule has 2 aliphatic carbocycles. The summed E-state index contributed by atoms with van der Waals surface area (Å²) in [5, 5.41) is 0. The second-order valence-corrected chi connectivity index (χ2v) is 4.97. The third kappa shape index (κ3) is 1.26. The van der Waals surface area contributed by atoms with Crippen LogP contribution in [0.1, 0.15) is 48.0 Å². The van der Waals surface area contributed by atoms with Gasteiger partial charge in [-0.3, -0.25) is 4.79 Å². The van der Waals surface area contributed by atoms with Crippen molar-refractivity contribution < 1.29 is 4.79 Å². The number of Topliss-reactive ketones (excluding diaryl/α,β-unsaturated/α-hetero) is 1. The fraction of sp³-hybridized carbons (Fsp3) is 0.500. The average Bonchev–Trinajstić information content (AvgIpc) is 2.74. The van der Waals surface area contributed by atoms with Gasteiger partial charge in [0.25, 0.3) is 0 Å². The van der Waals surface area contributed by atoms with Crippen LogP contribution in [-0.4, -0.2) is 5.78 Å². The Bertz CT molecular complexity index is 400. The van der Waals surface area contributed by atoms with Gasteiger partial charge in [0.1, 0.15) is 0 Å². The zero-order chi connectivity index (χ0) is 10.3. The van der Waals surface area contributed by atoms with E-state index < -0.39 is 0 Å².